The summed E-state index contributed by atoms with van der Waals surface area (Å²) in [5.74, 6) is -4.58. The fourth-order valence-corrected chi connectivity index (χ4v) is 11.2. The van der Waals surface area contributed by atoms with Crippen molar-refractivity contribution in [1.29, 1.82) is 0 Å². The minimum absolute atomic E-state index is 0.0840. The van der Waals surface area contributed by atoms with Crippen LogP contribution in [0.3, 0.4) is 0 Å². The van der Waals surface area contributed by atoms with Crippen molar-refractivity contribution in [3.8, 4) is 0 Å². The highest BCUT2D eigenvalue weighted by Gasteiger charge is 2.84. The maximum atomic E-state index is 14.7. The zero-order valence-electron chi connectivity index (χ0n) is 39.0. The summed E-state index contributed by atoms with van der Waals surface area (Å²) in [4.78, 5) is 68.9. The lowest BCUT2D eigenvalue weighted by Gasteiger charge is -2.71. The number of amides is 1. The van der Waals surface area contributed by atoms with Crippen LogP contribution in [0.5, 0.6) is 0 Å². The Bertz CT molecular complexity index is 2020. The molecule has 64 heavy (non-hydrogen) atoms. The van der Waals surface area contributed by atoms with Gasteiger partial charge in [-0.3, -0.25) is 14.9 Å². The van der Waals surface area contributed by atoms with Crippen LogP contribution in [0.2, 0.25) is 0 Å². The van der Waals surface area contributed by atoms with Gasteiger partial charge in [0.15, 0.2) is 29.8 Å². The van der Waals surface area contributed by atoms with Crippen LogP contribution in [0.1, 0.15) is 106 Å². The maximum Gasteiger partial charge on any atom is 0.407 e. The van der Waals surface area contributed by atoms with Crippen molar-refractivity contribution in [3.63, 3.8) is 0 Å². The van der Waals surface area contributed by atoms with E-state index in [0.717, 1.165) is 0 Å². The smallest absolute Gasteiger partial charge is 0.407 e. The molecule has 2 saturated heterocycles. The third-order valence-electron chi connectivity index (χ3n) is 13.9. The summed E-state index contributed by atoms with van der Waals surface area (Å²) < 4.78 is 51.1. The van der Waals surface area contributed by atoms with Crippen LogP contribution in [-0.4, -0.2) is 125 Å². The number of ether oxygens (including phenoxy) is 8. The molecular formula is C47H66N2O15. The number of alkyl carbamates (subject to hydrolysis) is 1. The van der Waals surface area contributed by atoms with Gasteiger partial charge >= 0.3 is 30.0 Å². The predicted molar refractivity (Wildman–Crippen MR) is 228 cm³/mol. The number of rotatable bonds is 13. The van der Waals surface area contributed by atoms with Crippen molar-refractivity contribution in [3.05, 3.63) is 59.7 Å². The van der Waals surface area contributed by atoms with Gasteiger partial charge in [0.2, 0.25) is 0 Å². The fourth-order valence-electron chi connectivity index (χ4n) is 11.2. The summed E-state index contributed by atoms with van der Waals surface area (Å²) in [7, 11) is 1.65. The number of esters is 4. The second-order valence-corrected chi connectivity index (χ2v) is 20.0. The lowest BCUT2D eigenvalue weighted by Crippen LogP contribution is -2.88. The van der Waals surface area contributed by atoms with Gasteiger partial charge in [0.25, 0.3) is 0 Å². The van der Waals surface area contributed by atoms with E-state index in [4.69, 9.17) is 37.9 Å². The number of aliphatic hydroxyl groups excluding tert-OH is 1. The molecule has 2 saturated carbocycles. The van der Waals surface area contributed by atoms with E-state index in [1.807, 2.05) is 20.8 Å². The summed E-state index contributed by atoms with van der Waals surface area (Å²) in [6, 6.07) is 7.07. The molecular weight excluding hydrogens is 833 g/mol. The van der Waals surface area contributed by atoms with Gasteiger partial charge in [0, 0.05) is 32.1 Å². The number of aliphatic hydroxyl groups is 2. The van der Waals surface area contributed by atoms with Gasteiger partial charge in [-0.15, -0.1) is 0 Å². The lowest BCUT2D eigenvalue weighted by molar-refractivity contribution is -0.429. The molecule has 1 aromatic carbocycles. The van der Waals surface area contributed by atoms with Crippen LogP contribution < -0.4 is 10.6 Å². The molecule has 0 radical (unpaired) electrons. The normalized spacial score (nSPS) is 35.2. The lowest BCUT2D eigenvalue weighted by atomic mass is 9.47. The predicted octanol–water partition coefficient (Wildman–Crippen LogP) is 4.42. The van der Waals surface area contributed by atoms with E-state index in [1.165, 1.54) is 33.8 Å². The van der Waals surface area contributed by atoms with Crippen molar-refractivity contribution in [2.24, 2.45) is 22.7 Å². The molecule has 354 valence electrons. The summed E-state index contributed by atoms with van der Waals surface area (Å²) in [5.41, 5.74) is -8.44. The van der Waals surface area contributed by atoms with Gasteiger partial charge in [-0.1, -0.05) is 45.5 Å². The monoisotopic (exact) mass is 898 g/mol. The van der Waals surface area contributed by atoms with Crippen molar-refractivity contribution in [2.45, 2.75) is 167 Å². The summed E-state index contributed by atoms with van der Waals surface area (Å²) in [6.07, 6.45) is -8.58. The standard InChI is InChI=1S/C47H66N2O15/c1-14-32-60-31-22-47(48-13)46(23-57-47,63-27(6)51)36-38(62-39(53)28-18-16-15-17-19-28)45(43(10,11)56)21-30(25(4)33(45)35(58-26(5)50)37(61-32)44(31,36)12)59-40(54)34(52)29(20-24(2)3)49-41(55)64-42(7,8)9/h14-19,24,29-32,34-38,48,52,56H,1,20-23H2,2-13H3,(H,49,55)/t29-,30-,31-,32-,34+,35-,36-,37-,38-,44+,45-,46+,47+/m0/s1. The summed E-state index contributed by atoms with van der Waals surface area (Å²) >= 11 is 0. The van der Waals surface area contributed by atoms with E-state index in [0.29, 0.717) is 5.57 Å². The molecule has 0 unspecified atom stereocenters. The van der Waals surface area contributed by atoms with Crippen LogP contribution in [0.25, 0.3) is 0 Å². The largest absolute Gasteiger partial charge is 0.457 e. The number of carbonyl (C=O) groups excluding carboxylic acids is 5. The molecule has 5 aliphatic rings. The van der Waals surface area contributed by atoms with Crippen LogP contribution >= 0.6 is 0 Å². The number of nitrogens with one attached hydrogen (secondary N) is 2. The number of carbonyl (C=O) groups is 5. The Morgan fingerprint density at radius 2 is 1.64 bits per heavy atom. The van der Waals surface area contributed by atoms with E-state index in [1.54, 1.807) is 65.1 Å². The molecule has 0 aromatic heterocycles. The van der Waals surface area contributed by atoms with Crippen LogP contribution in [0, 0.1) is 22.7 Å². The molecule has 17 nitrogen and oxygen atoms in total. The molecule has 2 heterocycles. The minimum Gasteiger partial charge on any atom is -0.457 e. The van der Waals surface area contributed by atoms with Crippen molar-refractivity contribution in [2.75, 3.05) is 13.7 Å². The molecule has 3 aliphatic carbocycles. The van der Waals surface area contributed by atoms with Gasteiger partial charge in [0.1, 0.15) is 23.9 Å². The van der Waals surface area contributed by atoms with Crippen LogP contribution in [-0.2, 0) is 52.3 Å². The molecule has 0 spiro atoms. The van der Waals surface area contributed by atoms with E-state index < -0.39 is 118 Å². The molecule has 4 fully saturated rings. The minimum atomic E-state index is -1.94. The first-order valence-corrected chi connectivity index (χ1v) is 21.9. The average molecular weight is 899 g/mol. The van der Waals surface area contributed by atoms with Gasteiger partial charge in [0.05, 0.1) is 41.3 Å². The Morgan fingerprint density at radius 1 is 0.984 bits per heavy atom. The van der Waals surface area contributed by atoms with E-state index in [2.05, 4.69) is 17.2 Å². The van der Waals surface area contributed by atoms with Gasteiger partial charge in [-0.2, -0.15) is 0 Å². The fraction of sp³-hybridized carbons (Fsp3) is 0.681. The van der Waals surface area contributed by atoms with Gasteiger partial charge in [-0.25, -0.2) is 14.4 Å². The quantitative estimate of drug-likeness (QED) is 0.122. The molecule has 1 amide bonds. The second kappa shape index (κ2) is 17.4. The Morgan fingerprint density at radius 3 is 2.16 bits per heavy atom. The first-order valence-electron chi connectivity index (χ1n) is 21.9. The second-order valence-electron chi connectivity index (χ2n) is 20.0. The van der Waals surface area contributed by atoms with E-state index in [9.17, 15) is 34.2 Å². The first kappa shape index (κ1) is 49.1. The number of hydrogen-bond donors (Lipinski definition) is 4. The number of benzene rings is 1. The molecule has 6 rings (SSSR count). The SMILES string of the molecule is C=C[C@H]1O[C@H]2C[C@@]3(NC)OC[C@@]3(OC(C)=O)[C@H]3[C@H](OC(=O)c4ccccc4)[C@]4(C(C)(C)O)C[C@H](OC(=O)[C@H](O)[C@H](CC(C)C)NC(=O)OC(C)(C)C)C(C)=C4[C@H](OC(C)=O)[C@H](O1)[C@]23C. The number of fused-ring (bicyclic) bond motifs is 3. The van der Waals surface area contributed by atoms with Crippen LogP contribution in [0.4, 0.5) is 4.79 Å². The topological polar surface area (TPSA) is 224 Å². The average Bonchev–Trinajstić information content (AvgIpc) is 3.44. The summed E-state index contributed by atoms with van der Waals surface area (Å²) in [6.45, 7) is 21.5. The Hall–Kier alpha value is -4.39. The Kier molecular flexibility index (Phi) is 13.4. The maximum absolute atomic E-state index is 14.7. The van der Waals surface area contributed by atoms with Crippen molar-refractivity contribution >= 4 is 30.0 Å². The van der Waals surface area contributed by atoms with Gasteiger partial charge in [-0.05, 0) is 90.3 Å². The molecule has 1 aromatic rings. The molecule has 2 aliphatic heterocycles. The third-order valence-corrected chi connectivity index (χ3v) is 13.9. The molecule has 0 bridgehead atoms. The zero-order valence-corrected chi connectivity index (χ0v) is 39.0. The number of likely N-dealkylation sites (N-methyl/N-ethyl adjacent to an activating group) is 1. The third kappa shape index (κ3) is 8.25. The highest BCUT2D eigenvalue weighted by atomic mass is 16.7. The number of hydrogen-bond acceptors (Lipinski definition) is 16. The first-order chi connectivity index (χ1) is 29.7. The van der Waals surface area contributed by atoms with E-state index in [-0.39, 0.29) is 42.9 Å². The summed E-state index contributed by atoms with van der Waals surface area (Å²) in [5, 5.41) is 30.5. The van der Waals surface area contributed by atoms with Gasteiger partial charge < -0.3 is 53.4 Å². The highest BCUT2D eigenvalue weighted by molar-refractivity contribution is 5.89. The molecule has 17 heteroatoms. The molecule has 13 atom stereocenters. The zero-order chi connectivity index (χ0) is 47.5. The highest BCUT2D eigenvalue weighted by Crippen LogP contribution is 2.71. The Balaban J connectivity index is 1.61. The van der Waals surface area contributed by atoms with E-state index >= 15 is 0 Å². The molecule has 4 N–H and O–H groups in total. The van der Waals surface area contributed by atoms with Crippen molar-refractivity contribution < 1.29 is 72.1 Å². The Labute approximate surface area is 374 Å². The van der Waals surface area contributed by atoms with Crippen molar-refractivity contribution in [1.82, 2.24) is 10.6 Å². The van der Waals surface area contributed by atoms with Crippen LogP contribution in [0.15, 0.2) is 54.1 Å².